The van der Waals surface area contributed by atoms with E-state index in [1.165, 1.54) is 23.5 Å². The Hall–Kier alpha value is -3.93. The largest absolute Gasteiger partial charge is 0.463 e. The van der Waals surface area contributed by atoms with Crippen LogP contribution in [0, 0.1) is 0 Å². The highest BCUT2D eigenvalue weighted by atomic mass is 16.3. The molecular weight excluding hydrogens is 390 g/mol. The smallest absolute Gasteiger partial charge is 0.267 e. The number of furan rings is 1. The van der Waals surface area contributed by atoms with Crippen molar-refractivity contribution in [2.24, 2.45) is 0 Å². The van der Waals surface area contributed by atoms with Gasteiger partial charge >= 0.3 is 0 Å². The monoisotopic (exact) mass is 413 g/mol. The molecule has 2 heterocycles. The average Bonchev–Trinajstić information content (AvgIpc) is 3.34. The van der Waals surface area contributed by atoms with Crippen LogP contribution in [0.5, 0.6) is 0 Å². The van der Waals surface area contributed by atoms with Gasteiger partial charge in [-0.3, -0.25) is 9.59 Å². The molecular formula is C25H23N3O3. The molecule has 6 nitrogen and oxygen atoms in total. The quantitative estimate of drug-likeness (QED) is 0.476. The second-order valence-corrected chi connectivity index (χ2v) is 7.20. The fraction of sp³-hybridized carbons (Fsp3) is 0.160. The van der Waals surface area contributed by atoms with E-state index in [9.17, 15) is 9.59 Å². The molecule has 1 amide bonds. The normalized spacial score (nSPS) is 10.9. The first-order chi connectivity index (χ1) is 15.2. The maximum atomic E-state index is 12.5. The molecule has 4 aromatic rings. The van der Waals surface area contributed by atoms with Crippen LogP contribution in [0.2, 0.25) is 0 Å². The Labute approximate surface area is 180 Å². The summed E-state index contributed by atoms with van der Waals surface area (Å²) in [6, 6.07) is 26.9. The maximum absolute atomic E-state index is 12.5. The second-order valence-electron chi connectivity index (χ2n) is 7.20. The highest BCUT2D eigenvalue weighted by Gasteiger charge is 2.15. The molecule has 0 aliphatic heterocycles. The van der Waals surface area contributed by atoms with Gasteiger partial charge in [-0.05, 0) is 35.7 Å². The van der Waals surface area contributed by atoms with Gasteiger partial charge in [-0.15, -0.1) is 0 Å². The first kappa shape index (κ1) is 20.3. The number of amides is 1. The predicted molar refractivity (Wildman–Crippen MR) is 119 cm³/mol. The summed E-state index contributed by atoms with van der Waals surface area (Å²) in [5.74, 6) is 0.458. The molecule has 6 heteroatoms. The van der Waals surface area contributed by atoms with Crippen LogP contribution in [-0.4, -0.2) is 22.2 Å². The number of hydrogen-bond donors (Lipinski definition) is 1. The van der Waals surface area contributed by atoms with E-state index in [0.29, 0.717) is 18.0 Å². The van der Waals surface area contributed by atoms with Crippen molar-refractivity contribution in [1.82, 2.24) is 15.1 Å². The molecule has 0 radical (unpaired) electrons. The lowest BCUT2D eigenvalue weighted by atomic mass is 9.88. The van der Waals surface area contributed by atoms with Gasteiger partial charge in [-0.2, -0.15) is 5.10 Å². The third-order valence-electron chi connectivity index (χ3n) is 5.09. The van der Waals surface area contributed by atoms with Crippen molar-refractivity contribution in [1.29, 1.82) is 0 Å². The molecule has 0 aliphatic rings. The van der Waals surface area contributed by atoms with Gasteiger partial charge in [0.15, 0.2) is 5.76 Å². The molecule has 0 saturated carbocycles. The topological polar surface area (TPSA) is 77.1 Å². The zero-order valence-corrected chi connectivity index (χ0v) is 17.0. The molecule has 0 bridgehead atoms. The van der Waals surface area contributed by atoms with E-state index in [2.05, 4.69) is 34.7 Å². The molecule has 0 aliphatic carbocycles. The van der Waals surface area contributed by atoms with Gasteiger partial charge in [-0.25, -0.2) is 4.68 Å². The summed E-state index contributed by atoms with van der Waals surface area (Å²) in [6.45, 7) is 0.342. The lowest BCUT2D eigenvalue weighted by Gasteiger charge is -2.18. The van der Waals surface area contributed by atoms with Gasteiger partial charge in [0.2, 0.25) is 5.91 Å². The Balaban J connectivity index is 1.40. The minimum absolute atomic E-state index is 0.144. The highest BCUT2D eigenvalue weighted by molar-refractivity contribution is 5.75. The summed E-state index contributed by atoms with van der Waals surface area (Å²) in [6.07, 6.45) is 2.28. The first-order valence-electron chi connectivity index (χ1n) is 10.2. The summed E-state index contributed by atoms with van der Waals surface area (Å²) in [5.41, 5.74) is 2.57. The summed E-state index contributed by atoms with van der Waals surface area (Å²) >= 11 is 0. The van der Waals surface area contributed by atoms with Crippen LogP contribution in [0.3, 0.4) is 0 Å². The lowest BCUT2D eigenvalue weighted by Crippen LogP contribution is -2.34. The van der Waals surface area contributed by atoms with Crippen LogP contribution in [0.15, 0.2) is 100 Å². The summed E-state index contributed by atoms with van der Waals surface area (Å²) in [5, 5.41) is 7.16. The Morgan fingerprint density at radius 3 is 2.19 bits per heavy atom. The summed E-state index contributed by atoms with van der Waals surface area (Å²) < 4.78 is 6.47. The van der Waals surface area contributed by atoms with Crippen LogP contribution < -0.4 is 10.9 Å². The molecule has 0 unspecified atom stereocenters. The number of carbonyl (C=O) groups excluding carboxylic acids is 1. The van der Waals surface area contributed by atoms with Crippen molar-refractivity contribution in [3.05, 3.63) is 113 Å². The van der Waals surface area contributed by atoms with Crippen molar-refractivity contribution in [3.8, 4) is 11.5 Å². The average molecular weight is 413 g/mol. The standard InChI is InChI=1S/C25H23N3O3/c29-24(18-28-25(30)14-13-22(27-28)23-12-7-17-31-23)26-16-15-21(19-8-3-1-4-9-19)20-10-5-2-6-11-20/h1-14,17,21H,15-16,18H2,(H,26,29). The van der Waals surface area contributed by atoms with Crippen molar-refractivity contribution in [2.45, 2.75) is 18.9 Å². The van der Waals surface area contributed by atoms with E-state index >= 15 is 0 Å². The van der Waals surface area contributed by atoms with Gasteiger partial charge in [0, 0.05) is 18.5 Å². The number of nitrogens with zero attached hydrogens (tertiary/aromatic N) is 2. The van der Waals surface area contributed by atoms with Crippen molar-refractivity contribution < 1.29 is 9.21 Å². The molecule has 0 saturated heterocycles. The van der Waals surface area contributed by atoms with Gasteiger partial charge in [0.25, 0.3) is 5.56 Å². The van der Waals surface area contributed by atoms with Crippen LogP contribution >= 0.6 is 0 Å². The second kappa shape index (κ2) is 9.71. The molecule has 2 aromatic carbocycles. The first-order valence-corrected chi connectivity index (χ1v) is 10.2. The number of hydrogen-bond acceptors (Lipinski definition) is 4. The van der Waals surface area contributed by atoms with E-state index in [0.717, 1.165) is 11.1 Å². The van der Waals surface area contributed by atoms with Crippen LogP contribution in [0.1, 0.15) is 23.5 Å². The van der Waals surface area contributed by atoms with E-state index in [-0.39, 0.29) is 23.9 Å². The SMILES string of the molecule is O=C(Cn1nc(-c2ccco2)ccc1=O)NCCC(c1ccccc1)c1ccccc1. The highest BCUT2D eigenvalue weighted by Crippen LogP contribution is 2.27. The predicted octanol–water partition coefficient (Wildman–Crippen LogP) is 3.84. The van der Waals surface area contributed by atoms with Crippen molar-refractivity contribution in [3.63, 3.8) is 0 Å². The van der Waals surface area contributed by atoms with Gasteiger partial charge < -0.3 is 9.73 Å². The fourth-order valence-corrected chi connectivity index (χ4v) is 3.56. The Bertz CT molecular complexity index is 1130. The lowest BCUT2D eigenvalue weighted by molar-refractivity contribution is -0.121. The summed E-state index contributed by atoms with van der Waals surface area (Å²) in [4.78, 5) is 24.6. The zero-order chi connectivity index (χ0) is 21.5. The van der Waals surface area contributed by atoms with Crippen molar-refractivity contribution >= 4 is 5.91 Å². The fourth-order valence-electron chi connectivity index (χ4n) is 3.56. The Morgan fingerprint density at radius 1 is 0.903 bits per heavy atom. The molecule has 4 rings (SSSR count). The van der Waals surface area contributed by atoms with E-state index in [4.69, 9.17) is 4.42 Å². The minimum Gasteiger partial charge on any atom is -0.463 e. The van der Waals surface area contributed by atoms with Crippen LogP contribution in [-0.2, 0) is 11.3 Å². The zero-order valence-electron chi connectivity index (χ0n) is 17.0. The number of rotatable bonds is 8. The third-order valence-corrected chi connectivity index (χ3v) is 5.09. The number of aromatic nitrogens is 2. The van der Waals surface area contributed by atoms with Gasteiger partial charge in [0.1, 0.15) is 12.2 Å². The molecule has 0 atom stereocenters. The van der Waals surface area contributed by atoms with Gasteiger partial charge in [0.05, 0.1) is 6.26 Å². The van der Waals surface area contributed by atoms with E-state index in [1.54, 1.807) is 18.2 Å². The molecule has 0 fully saturated rings. The molecule has 31 heavy (non-hydrogen) atoms. The van der Waals surface area contributed by atoms with Crippen molar-refractivity contribution in [2.75, 3.05) is 6.54 Å². The Kier molecular flexibility index (Phi) is 6.38. The number of nitrogens with one attached hydrogen (secondary N) is 1. The Morgan fingerprint density at radius 2 is 1.58 bits per heavy atom. The van der Waals surface area contributed by atoms with Crippen LogP contribution in [0.25, 0.3) is 11.5 Å². The van der Waals surface area contributed by atoms with E-state index < -0.39 is 0 Å². The maximum Gasteiger partial charge on any atom is 0.267 e. The minimum atomic E-state index is -0.336. The number of carbonyl (C=O) groups is 1. The van der Waals surface area contributed by atoms with Crippen LogP contribution in [0.4, 0.5) is 0 Å². The molecule has 2 aromatic heterocycles. The number of benzene rings is 2. The molecule has 1 N–H and O–H groups in total. The molecule has 156 valence electrons. The van der Waals surface area contributed by atoms with E-state index in [1.807, 2.05) is 36.4 Å². The van der Waals surface area contributed by atoms with Gasteiger partial charge in [-0.1, -0.05) is 60.7 Å². The molecule has 0 spiro atoms. The third kappa shape index (κ3) is 5.17. The summed E-state index contributed by atoms with van der Waals surface area (Å²) in [7, 11) is 0.